The van der Waals surface area contributed by atoms with Crippen molar-refractivity contribution in [3.63, 3.8) is 0 Å². The third-order valence-corrected chi connectivity index (χ3v) is 4.40. The molecule has 0 bridgehead atoms. The van der Waals surface area contributed by atoms with E-state index in [1.807, 2.05) is 0 Å². The van der Waals surface area contributed by atoms with E-state index < -0.39 is 21.2 Å². The van der Waals surface area contributed by atoms with Crippen LogP contribution in [0.4, 0.5) is 0 Å². The Hall–Kier alpha value is -0.940. The molecule has 0 unspecified atom stereocenters. The molecule has 5 heteroatoms. The molecular weight excluding hydrogens is 202 g/mol. The van der Waals surface area contributed by atoms with Crippen molar-refractivity contribution in [1.82, 2.24) is 4.98 Å². The minimum absolute atomic E-state index is 0.000880. The lowest BCUT2D eigenvalue weighted by atomic mass is 10.2. The third kappa shape index (κ3) is 1.78. The first-order valence-corrected chi connectivity index (χ1v) is 5.67. The van der Waals surface area contributed by atoms with Gasteiger partial charge in [0.05, 0.1) is 11.4 Å². The van der Waals surface area contributed by atoms with Crippen molar-refractivity contribution >= 4 is 9.84 Å². The van der Waals surface area contributed by atoms with E-state index in [0.717, 1.165) is 0 Å². The molecule has 0 aromatic carbocycles. The lowest BCUT2D eigenvalue weighted by molar-refractivity contribution is 0.258. The van der Waals surface area contributed by atoms with Crippen LogP contribution < -0.4 is 0 Å². The summed E-state index contributed by atoms with van der Waals surface area (Å²) in [6.07, 6.45) is 1.42. The Bertz CT molecular complexity index is 397. The van der Waals surface area contributed by atoms with Crippen LogP contribution in [0.25, 0.3) is 0 Å². The van der Waals surface area contributed by atoms with Gasteiger partial charge >= 0.3 is 0 Å². The smallest absolute Gasteiger partial charge is 0.202 e. The highest BCUT2D eigenvalue weighted by atomic mass is 32.2. The minimum atomic E-state index is -3.55. The van der Waals surface area contributed by atoms with Gasteiger partial charge in [0, 0.05) is 6.20 Å². The van der Waals surface area contributed by atoms with Crippen LogP contribution in [0, 0.1) is 0 Å². The number of hydrogen-bond donors (Lipinski definition) is 1. The van der Waals surface area contributed by atoms with Crippen molar-refractivity contribution < 1.29 is 13.5 Å². The van der Waals surface area contributed by atoms with E-state index in [2.05, 4.69) is 4.98 Å². The molecule has 1 heterocycles. The molecule has 1 N–H and O–H groups in total. The summed E-state index contributed by atoms with van der Waals surface area (Å²) in [4.78, 5) is 3.77. The number of nitrogens with zero attached hydrogens (tertiary/aromatic N) is 1. The fraction of sp³-hybridized carbons (Fsp3) is 0.444. The fourth-order valence-corrected chi connectivity index (χ4v) is 2.07. The van der Waals surface area contributed by atoms with Gasteiger partial charge in [-0.25, -0.2) is 13.4 Å². The second-order valence-electron chi connectivity index (χ2n) is 3.59. The molecule has 1 rings (SSSR count). The summed E-state index contributed by atoms with van der Waals surface area (Å²) < 4.78 is 22.5. The van der Waals surface area contributed by atoms with Gasteiger partial charge in [-0.2, -0.15) is 0 Å². The lowest BCUT2D eigenvalue weighted by Gasteiger charge is -2.20. The zero-order valence-corrected chi connectivity index (χ0v) is 8.95. The molecule has 0 amide bonds. The van der Waals surface area contributed by atoms with Crippen molar-refractivity contribution in [2.75, 3.05) is 6.61 Å². The molecule has 0 spiro atoms. The van der Waals surface area contributed by atoms with E-state index in [-0.39, 0.29) is 5.03 Å². The first-order valence-electron chi connectivity index (χ1n) is 4.18. The molecule has 0 aliphatic heterocycles. The molecule has 4 nitrogen and oxygen atoms in total. The quantitative estimate of drug-likeness (QED) is 0.803. The van der Waals surface area contributed by atoms with Crippen molar-refractivity contribution in [2.45, 2.75) is 23.6 Å². The molecule has 0 atom stereocenters. The van der Waals surface area contributed by atoms with Gasteiger partial charge in [0.15, 0.2) is 5.03 Å². The molecule has 0 aliphatic rings. The number of sulfone groups is 1. The van der Waals surface area contributed by atoms with Crippen LogP contribution in [0.1, 0.15) is 13.8 Å². The molecule has 0 saturated heterocycles. The largest absolute Gasteiger partial charge is 0.395 e. The second kappa shape index (κ2) is 3.67. The number of rotatable bonds is 3. The average molecular weight is 215 g/mol. The molecule has 0 radical (unpaired) electrons. The summed E-state index contributed by atoms with van der Waals surface area (Å²) in [5.41, 5.74) is 0. The van der Waals surface area contributed by atoms with E-state index in [4.69, 9.17) is 5.11 Å². The van der Waals surface area contributed by atoms with E-state index in [0.29, 0.717) is 0 Å². The van der Waals surface area contributed by atoms with Crippen LogP contribution in [0.5, 0.6) is 0 Å². The van der Waals surface area contributed by atoms with Crippen LogP contribution >= 0.6 is 0 Å². The molecule has 0 saturated carbocycles. The van der Waals surface area contributed by atoms with Gasteiger partial charge in [0.1, 0.15) is 0 Å². The molecule has 1 aromatic heterocycles. The number of pyridine rings is 1. The van der Waals surface area contributed by atoms with Gasteiger partial charge in [0.2, 0.25) is 9.84 Å². The summed E-state index contributed by atoms with van der Waals surface area (Å²) in [6.45, 7) is 2.51. The van der Waals surface area contributed by atoms with Crippen LogP contribution in [-0.4, -0.2) is 29.9 Å². The molecule has 1 aromatic rings. The Morgan fingerprint density at radius 1 is 1.43 bits per heavy atom. The molecule has 0 fully saturated rings. The maximum atomic E-state index is 11.9. The van der Waals surface area contributed by atoms with Crippen molar-refractivity contribution in [2.24, 2.45) is 0 Å². The number of hydrogen-bond acceptors (Lipinski definition) is 4. The normalized spacial score (nSPS) is 12.8. The van der Waals surface area contributed by atoms with Crippen molar-refractivity contribution in [1.29, 1.82) is 0 Å². The predicted molar refractivity (Wildman–Crippen MR) is 52.6 cm³/mol. The summed E-state index contributed by atoms with van der Waals surface area (Å²) >= 11 is 0. The second-order valence-corrected chi connectivity index (χ2v) is 6.12. The molecule has 14 heavy (non-hydrogen) atoms. The highest BCUT2D eigenvalue weighted by Gasteiger charge is 2.35. The van der Waals surface area contributed by atoms with Crippen LogP contribution in [0.2, 0.25) is 0 Å². The maximum absolute atomic E-state index is 11.9. The van der Waals surface area contributed by atoms with Crippen LogP contribution in [0.3, 0.4) is 0 Å². The average Bonchev–Trinajstić information content (AvgIpc) is 2.19. The van der Waals surface area contributed by atoms with Crippen molar-refractivity contribution in [3.8, 4) is 0 Å². The molecule has 0 aliphatic carbocycles. The van der Waals surface area contributed by atoms with Gasteiger partial charge in [-0.3, -0.25) is 0 Å². The Morgan fingerprint density at radius 2 is 2.07 bits per heavy atom. The van der Waals surface area contributed by atoms with E-state index in [1.165, 1.54) is 26.1 Å². The zero-order chi connectivity index (χ0) is 10.8. The Labute approximate surface area is 83.5 Å². The summed E-state index contributed by atoms with van der Waals surface area (Å²) in [5.74, 6) is 0. The summed E-state index contributed by atoms with van der Waals surface area (Å²) in [5, 5.41) is 8.98. The van der Waals surface area contributed by atoms with E-state index >= 15 is 0 Å². The highest BCUT2D eigenvalue weighted by molar-refractivity contribution is 7.92. The van der Waals surface area contributed by atoms with Gasteiger partial charge in [0.25, 0.3) is 0 Å². The van der Waals surface area contributed by atoms with E-state index in [1.54, 1.807) is 12.1 Å². The van der Waals surface area contributed by atoms with Gasteiger partial charge in [-0.1, -0.05) is 6.07 Å². The first-order chi connectivity index (χ1) is 6.42. The van der Waals surface area contributed by atoms with Crippen LogP contribution in [-0.2, 0) is 9.84 Å². The van der Waals surface area contributed by atoms with E-state index in [9.17, 15) is 8.42 Å². The minimum Gasteiger partial charge on any atom is -0.395 e. The Kier molecular flexibility index (Phi) is 2.92. The Balaban J connectivity index is 3.23. The summed E-state index contributed by atoms with van der Waals surface area (Å²) in [7, 11) is -3.55. The SMILES string of the molecule is CC(C)(CO)S(=O)(=O)c1ccccn1. The highest BCUT2D eigenvalue weighted by Crippen LogP contribution is 2.22. The summed E-state index contributed by atoms with van der Waals surface area (Å²) in [6, 6.07) is 4.67. The number of aromatic nitrogens is 1. The van der Waals surface area contributed by atoms with Crippen LogP contribution in [0.15, 0.2) is 29.4 Å². The molecular formula is C9H13NO3S. The maximum Gasteiger partial charge on any atom is 0.202 e. The number of aliphatic hydroxyl groups excluding tert-OH is 1. The van der Waals surface area contributed by atoms with Gasteiger partial charge < -0.3 is 5.11 Å². The topological polar surface area (TPSA) is 67.3 Å². The first kappa shape index (κ1) is 11.1. The fourth-order valence-electron chi connectivity index (χ4n) is 0.874. The number of aliphatic hydroxyl groups is 1. The van der Waals surface area contributed by atoms with Gasteiger partial charge in [-0.05, 0) is 26.0 Å². The zero-order valence-electron chi connectivity index (χ0n) is 8.14. The molecule has 78 valence electrons. The monoisotopic (exact) mass is 215 g/mol. The standard InChI is InChI=1S/C9H13NO3S/c1-9(2,7-11)14(12,13)8-5-3-4-6-10-8/h3-6,11H,7H2,1-2H3. The third-order valence-electron chi connectivity index (χ3n) is 2.02. The Morgan fingerprint density at radius 3 is 2.50 bits per heavy atom. The predicted octanol–water partition coefficient (Wildman–Crippen LogP) is 0.626. The van der Waals surface area contributed by atoms with Crippen molar-refractivity contribution in [3.05, 3.63) is 24.4 Å². The lowest BCUT2D eigenvalue weighted by Crippen LogP contribution is -2.36. The van der Waals surface area contributed by atoms with Gasteiger partial charge in [-0.15, -0.1) is 0 Å².